The van der Waals surface area contributed by atoms with Crippen molar-refractivity contribution in [1.29, 1.82) is 0 Å². The van der Waals surface area contributed by atoms with Crippen molar-refractivity contribution < 1.29 is 9.11 Å². The van der Waals surface area contributed by atoms with Crippen LogP contribution in [0.5, 0.6) is 0 Å². The number of nitrogen functional groups attached to an aromatic ring is 1. The molecule has 1 aromatic rings. The Hall–Kier alpha value is -0.850. The molecule has 1 rings (SSSR count). The maximum absolute atomic E-state index is 9.10. The van der Waals surface area contributed by atoms with E-state index in [9.17, 15) is 0 Å². The third-order valence-electron chi connectivity index (χ3n) is 1.09. The second-order valence-corrected chi connectivity index (χ2v) is 4.25. The van der Waals surface area contributed by atoms with E-state index < -0.39 is 10.6 Å². The maximum atomic E-state index is 9.10. The van der Waals surface area contributed by atoms with Gasteiger partial charge >= 0.3 is 0 Å². The van der Waals surface area contributed by atoms with Crippen LogP contribution in [-0.2, 0) is 0 Å². The minimum atomic E-state index is -2.70. The molecule has 1 aromatic heterocycles. The van der Waals surface area contributed by atoms with Crippen molar-refractivity contribution in [1.82, 2.24) is 9.97 Å². The summed E-state index contributed by atoms with van der Waals surface area (Å²) in [5.74, 6) is 0.123. The first-order valence-corrected chi connectivity index (χ1v) is 4.76. The van der Waals surface area contributed by atoms with Gasteiger partial charge in [0.1, 0.15) is 0 Å². The van der Waals surface area contributed by atoms with Gasteiger partial charge in [-0.05, 0) is 0 Å². The van der Waals surface area contributed by atoms with E-state index in [-0.39, 0.29) is 5.95 Å². The fourth-order valence-electron chi connectivity index (χ4n) is 0.526. The Kier molecular flexibility index (Phi) is 1.99. The Morgan fingerprint density at radius 3 is 2.18 bits per heavy atom. The van der Waals surface area contributed by atoms with Gasteiger partial charge in [-0.2, -0.15) is 10.6 Å². The van der Waals surface area contributed by atoms with E-state index in [0.29, 0.717) is 4.90 Å². The molecule has 11 heavy (non-hydrogen) atoms. The quantitative estimate of drug-likeness (QED) is 0.587. The van der Waals surface area contributed by atoms with Crippen molar-refractivity contribution >= 4 is 16.5 Å². The van der Waals surface area contributed by atoms with Crippen molar-refractivity contribution in [2.75, 3.05) is 12.0 Å². The fraction of sp³-hybridized carbons (Fsp3) is 0.200. The predicted octanol–water partition coefficient (Wildman–Crippen LogP) is 0.798. The Morgan fingerprint density at radius 1 is 1.36 bits per heavy atom. The molecule has 0 amide bonds. The first-order chi connectivity index (χ1) is 5.00. The molecule has 4 N–H and O–H groups in total. The first kappa shape index (κ1) is 8.25. The highest BCUT2D eigenvalue weighted by Crippen LogP contribution is 2.42. The summed E-state index contributed by atoms with van der Waals surface area (Å²) in [6.07, 6.45) is 3.91. The molecule has 0 radical (unpaired) electrons. The monoisotopic (exact) mass is 175 g/mol. The zero-order chi connectivity index (χ0) is 8.48. The van der Waals surface area contributed by atoms with Crippen LogP contribution in [0.2, 0.25) is 0 Å². The lowest BCUT2D eigenvalue weighted by molar-refractivity contribution is 0.494. The van der Waals surface area contributed by atoms with Crippen LogP contribution >= 0.6 is 10.6 Å². The molecule has 0 saturated heterocycles. The Labute approximate surface area is 65.6 Å². The summed E-state index contributed by atoms with van der Waals surface area (Å²) >= 11 is 0. The van der Waals surface area contributed by atoms with Crippen molar-refractivity contribution in [2.24, 2.45) is 0 Å². The fourth-order valence-corrected chi connectivity index (χ4v) is 1.03. The predicted molar refractivity (Wildman–Crippen MR) is 43.5 cm³/mol. The third kappa shape index (κ3) is 2.04. The van der Waals surface area contributed by atoms with E-state index in [1.807, 2.05) is 0 Å². The normalized spacial score (nSPS) is 13.0. The summed E-state index contributed by atoms with van der Waals surface area (Å²) in [6.45, 7) is 0. The second-order valence-electron chi connectivity index (χ2n) is 2.11. The third-order valence-corrected chi connectivity index (χ3v) is 2.20. The molecular weight excluding hydrogens is 166 g/mol. The largest absolute Gasteiger partial charge is 0.368 e. The first-order valence-electron chi connectivity index (χ1n) is 2.81. The zero-order valence-corrected chi connectivity index (χ0v) is 6.75. The molecule has 0 bridgehead atoms. The van der Waals surface area contributed by atoms with Crippen LogP contribution in [0.15, 0.2) is 17.3 Å². The number of nitrogens with zero attached hydrogens (tertiary/aromatic N) is 2. The highest BCUT2D eigenvalue weighted by Gasteiger charge is 2.08. The van der Waals surface area contributed by atoms with Crippen molar-refractivity contribution in [2.45, 2.75) is 4.90 Å². The number of hydrogen-bond donors (Lipinski definition) is 3. The minimum Gasteiger partial charge on any atom is -0.368 e. The number of aromatic nitrogens is 2. The summed E-state index contributed by atoms with van der Waals surface area (Å²) in [4.78, 5) is 7.52. The van der Waals surface area contributed by atoms with Gasteiger partial charge in [-0.15, -0.1) is 0 Å². The van der Waals surface area contributed by atoms with Crippen LogP contribution in [0.25, 0.3) is 0 Å². The number of rotatable bonds is 1. The lowest BCUT2D eigenvalue weighted by atomic mass is 10.7. The molecule has 0 fully saturated rings. The number of anilines is 1. The molecule has 0 spiro atoms. The van der Waals surface area contributed by atoms with Gasteiger partial charge in [-0.1, -0.05) is 0 Å². The molecule has 0 saturated carbocycles. The maximum Gasteiger partial charge on any atom is 0.220 e. The lowest BCUT2D eigenvalue weighted by Gasteiger charge is -2.25. The second kappa shape index (κ2) is 2.65. The van der Waals surface area contributed by atoms with Gasteiger partial charge < -0.3 is 5.73 Å². The molecule has 0 atom stereocenters. The van der Waals surface area contributed by atoms with Crippen molar-refractivity contribution in [3.05, 3.63) is 12.4 Å². The standard InChI is InChI=1S/C5H9N3O2S/c1-11(9,10)4-2-7-5(6)8-3-4/h2-3,9-10H,1H3,(H2,6,7,8). The highest BCUT2D eigenvalue weighted by atomic mass is 32.3. The van der Waals surface area contributed by atoms with Crippen LogP contribution in [0.3, 0.4) is 0 Å². The highest BCUT2D eigenvalue weighted by molar-refractivity contribution is 8.23. The average Bonchev–Trinajstić information content (AvgIpc) is 1.86. The van der Waals surface area contributed by atoms with Crippen LogP contribution in [-0.4, -0.2) is 25.3 Å². The number of hydrogen-bond acceptors (Lipinski definition) is 5. The SMILES string of the molecule is CS(O)(O)c1cnc(N)nc1. The minimum absolute atomic E-state index is 0.123. The van der Waals surface area contributed by atoms with Gasteiger partial charge in [-0.3, -0.25) is 9.11 Å². The van der Waals surface area contributed by atoms with E-state index >= 15 is 0 Å². The molecule has 6 heteroatoms. The summed E-state index contributed by atoms with van der Waals surface area (Å²) in [6, 6.07) is 0. The Morgan fingerprint density at radius 2 is 1.82 bits per heavy atom. The molecule has 0 aromatic carbocycles. The van der Waals surface area contributed by atoms with Crippen LogP contribution < -0.4 is 5.73 Å². The van der Waals surface area contributed by atoms with Gasteiger partial charge in [0.25, 0.3) is 0 Å². The Bertz CT molecular complexity index is 243. The summed E-state index contributed by atoms with van der Waals surface area (Å²) < 4.78 is 18.2. The summed E-state index contributed by atoms with van der Waals surface area (Å²) in [5, 5.41) is 0. The summed E-state index contributed by atoms with van der Waals surface area (Å²) in [7, 11) is -2.70. The van der Waals surface area contributed by atoms with Crippen LogP contribution in [0.4, 0.5) is 5.95 Å². The molecule has 62 valence electrons. The summed E-state index contributed by atoms with van der Waals surface area (Å²) in [5.41, 5.74) is 5.19. The van der Waals surface area contributed by atoms with E-state index in [1.54, 1.807) is 0 Å². The Balaban J connectivity index is 2.99. The topological polar surface area (TPSA) is 92.3 Å². The number of nitrogens with two attached hydrogens (primary N) is 1. The van der Waals surface area contributed by atoms with Gasteiger partial charge in [0.15, 0.2) is 0 Å². The van der Waals surface area contributed by atoms with E-state index in [2.05, 4.69) is 9.97 Å². The molecule has 0 aliphatic carbocycles. The lowest BCUT2D eigenvalue weighted by Crippen LogP contribution is -1.99. The van der Waals surface area contributed by atoms with Gasteiger partial charge in [0, 0.05) is 6.26 Å². The van der Waals surface area contributed by atoms with Crippen molar-refractivity contribution in [3.8, 4) is 0 Å². The van der Waals surface area contributed by atoms with Gasteiger partial charge in [-0.25, -0.2) is 9.97 Å². The molecule has 0 aliphatic rings. The molecule has 0 unspecified atom stereocenters. The van der Waals surface area contributed by atoms with Crippen LogP contribution in [0.1, 0.15) is 0 Å². The van der Waals surface area contributed by atoms with E-state index in [1.165, 1.54) is 18.6 Å². The van der Waals surface area contributed by atoms with E-state index in [4.69, 9.17) is 14.8 Å². The van der Waals surface area contributed by atoms with Crippen LogP contribution in [0, 0.1) is 0 Å². The van der Waals surface area contributed by atoms with Crippen molar-refractivity contribution in [3.63, 3.8) is 0 Å². The smallest absolute Gasteiger partial charge is 0.220 e. The van der Waals surface area contributed by atoms with Gasteiger partial charge in [0.05, 0.1) is 17.3 Å². The molecule has 5 nitrogen and oxygen atoms in total. The molecular formula is C5H9N3O2S. The van der Waals surface area contributed by atoms with Gasteiger partial charge in [0.2, 0.25) is 5.95 Å². The van der Waals surface area contributed by atoms with E-state index in [0.717, 1.165) is 0 Å². The average molecular weight is 175 g/mol. The molecule has 1 heterocycles. The molecule has 0 aliphatic heterocycles. The zero-order valence-electron chi connectivity index (χ0n) is 5.93.